The Kier molecular flexibility index (Phi) is 3.55. The molecule has 0 aromatic heterocycles. The number of fused-ring (bicyclic) bond motifs is 1. The van der Waals surface area contributed by atoms with Crippen LogP contribution in [0.25, 0.3) is 0 Å². The average molecular weight is 270 g/mol. The third kappa shape index (κ3) is 2.35. The highest BCUT2D eigenvalue weighted by Gasteiger charge is 2.26. The topological polar surface area (TPSA) is 29.3 Å². The molecule has 0 radical (unpaired) electrons. The Bertz CT molecular complexity index is 599. The zero-order chi connectivity index (χ0) is 14.1. The molecule has 1 aliphatic heterocycles. The van der Waals surface area contributed by atoms with Gasteiger partial charge in [0.2, 0.25) is 0 Å². The van der Waals surface area contributed by atoms with Gasteiger partial charge in [-0.05, 0) is 41.3 Å². The molecule has 0 saturated carbocycles. The Morgan fingerprint density at radius 2 is 1.80 bits per heavy atom. The van der Waals surface area contributed by atoms with E-state index >= 15 is 0 Å². The predicted molar refractivity (Wildman–Crippen MR) is 78.6 cm³/mol. The lowest BCUT2D eigenvalue weighted by Crippen LogP contribution is -2.30. The fourth-order valence-electron chi connectivity index (χ4n) is 3.02. The van der Waals surface area contributed by atoms with Crippen LogP contribution in [0.4, 0.5) is 4.39 Å². The van der Waals surface area contributed by atoms with Crippen molar-refractivity contribution < 1.29 is 4.39 Å². The zero-order valence-electron chi connectivity index (χ0n) is 11.6. The van der Waals surface area contributed by atoms with Crippen LogP contribution in [-0.4, -0.2) is 11.4 Å². The number of nitrogens with two attached hydrogens (primary N) is 1. The van der Waals surface area contributed by atoms with Crippen molar-refractivity contribution in [2.75, 3.05) is 6.54 Å². The first kappa shape index (κ1) is 13.3. The molecule has 2 aromatic rings. The molecular weight excluding hydrogens is 251 g/mol. The molecule has 0 aliphatic carbocycles. The second kappa shape index (κ2) is 5.35. The van der Waals surface area contributed by atoms with Crippen LogP contribution in [0.15, 0.2) is 42.5 Å². The second-order valence-electron chi connectivity index (χ2n) is 5.43. The summed E-state index contributed by atoms with van der Waals surface area (Å²) in [6, 6.07) is 13.5. The quantitative estimate of drug-likeness (QED) is 0.928. The van der Waals surface area contributed by atoms with Crippen molar-refractivity contribution in [2.45, 2.75) is 26.1 Å². The van der Waals surface area contributed by atoms with Crippen LogP contribution in [0, 0.1) is 12.7 Å². The molecule has 2 aromatic carbocycles. The van der Waals surface area contributed by atoms with Crippen LogP contribution in [0.2, 0.25) is 0 Å². The summed E-state index contributed by atoms with van der Waals surface area (Å²) in [5, 5.41) is 0. The lowest BCUT2D eigenvalue weighted by molar-refractivity contribution is 0.204. The van der Waals surface area contributed by atoms with Gasteiger partial charge in [-0.2, -0.15) is 0 Å². The average Bonchev–Trinajstić information content (AvgIpc) is 2.87. The van der Waals surface area contributed by atoms with E-state index in [1.165, 1.54) is 17.2 Å². The van der Waals surface area contributed by atoms with Crippen molar-refractivity contribution in [1.82, 2.24) is 4.90 Å². The number of nitrogens with zero attached hydrogens (tertiary/aromatic N) is 1. The maximum absolute atomic E-state index is 13.5. The van der Waals surface area contributed by atoms with Gasteiger partial charge in [-0.1, -0.05) is 30.3 Å². The molecule has 0 bridgehead atoms. The summed E-state index contributed by atoms with van der Waals surface area (Å²) >= 11 is 0. The Morgan fingerprint density at radius 1 is 1.15 bits per heavy atom. The molecule has 1 aliphatic rings. The molecule has 1 unspecified atom stereocenters. The molecule has 0 saturated heterocycles. The molecule has 2 nitrogen and oxygen atoms in total. The van der Waals surface area contributed by atoms with Gasteiger partial charge >= 0.3 is 0 Å². The van der Waals surface area contributed by atoms with E-state index < -0.39 is 0 Å². The molecular formula is C17H19FN2. The first-order valence-electron chi connectivity index (χ1n) is 6.96. The molecule has 3 heteroatoms. The smallest absolute Gasteiger partial charge is 0.123 e. The highest BCUT2D eigenvalue weighted by atomic mass is 19.1. The summed E-state index contributed by atoms with van der Waals surface area (Å²) in [5.74, 6) is -0.194. The molecule has 1 heterocycles. The number of hydrogen-bond donors (Lipinski definition) is 1. The largest absolute Gasteiger partial charge is 0.329 e. The van der Waals surface area contributed by atoms with Crippen molar-refractivity contribution >= 4 is 0 Å². The Morgan fingerprint density at radius 3 is 2.40 bits per heavy atom. The molecule has 0 amide bonds. The van der Waals surface area contributed by atoms with E-state index in [1.54, 1.807) is 6.07 Å². The highest BCUT2D eigenvalue weighted by Crippen LogP contribution is 2.32. The zero-order valence-corrected chi connectivity index (χ0v) is 11.6. The maximum Gasteiger partial charge on any atom is 0.123 e. The van der Waals surface area contributed by atoms with Gasteiger partial charge in [0.25, 0.3) is 0 Å². The molecule has 3 rings (SSSR count). The van der Waals surface area contributed by atoms with E-state index in [9.17, 15) is 4.39 Å². The molecule has 0 spiro atoms. The van der Waals surface area contributed by atoms with Crippen LogP contribution in [0.1, 0.15) is 28.3 Å². The van der Waals surface area contributed by atoms with Gasteiger partial charge in [-0.3, -0.25) is 4.90 Å². The third-order valence-electron chi connectivity index (χ3n) is 4.13. The summed E-state index contributed by atoms with van der Waals surface area (Å²) in [7, 11) is 0. The number of hydrogen-bond acceptors (Lipinski definition) is 2. The lowest BCUT2D eigenvalue weighted by Gasteiger charge is -2.28. The van der Waals surface area contributed by atoms with E-state index in [4.69, 9.17) is 5.73 Å². The minimum atomic E-state index is -0.194. The van der Waals surface area contributed by atoms with Crippen LogP contribution in [0.5, 0.6) is 0 Å². The molecule has 104 valence electrons. The summed E-state index contributed by atoms with van der Waals surface area (Å²) in [6.45, 7) is 4.28. The van der Waals surface area contributed by atoms with Gasteiger partial charge in [-0.15, -0.1) is 0 Å². The first-order valence-corrected chi connectivity index (χ1v) is 6.96. The molecule has 1 atom stereocenters. The summed E-state index contributed by atoms with van der Waals surface area (Å²) in [4.78, 5) is 2.33. The molecule has 2 N–H and O–H groups in total. The van der Waals surface area contributed by atoms with Gasteiger partial charge in [0.05, 0.1) is 0 Å². The highest BCUT2D eigenvalue weighted by molar-refractivity contribution is 5.34. The van der Waals surface area contributed by atoms with Gasteiger partial charge in [-0.25, -0.2) is 4.39 Å². The van der Waals surface area contributed by atoms with Crippen molar-refractivity contribution in [2.24, 2.45) is 5.73 Å². The van der Waals surface area contributed by atoms with E-state index in [1.807, 2.05) is 13.0 Å². The number of halogens is 1. The predicted octanol–water partition coefficient (Wildman–Crippen LogP) is 3.15. The first-order chi connectivity index (χ1) is 9.69. The van der Waals surface area contributed by atoms with Crippen molar-refractivity contribution in [3.8, 4) is 0 Å². The van der Waals surface area contributed by atoms with Crippen LogP contribution >= 0.6 is 0 Å². The summed E-state index contributed by atoms with van der Waals surface area (Å²) in [6.07, 6.45) is 0. The monoisotopic (exact) mass is 270 g/mol. The second-order valence-corrected chi connectivity index (χ2v) is 5.43. The van der Waals surface area contributed by atoms with Gasteiger partial charge in [0.1, 0.15) is 5.82 Å². The van der Waals surface area contributed by atoms with Gasteiger partial charge in [0.15, 0.2) is 0 Å². The number of benzene rings is 2. The van der Waals surface area contributed by atoms with E-state index in [0.717, 1.165) is 24.2 Å². The van der Waals surface area contributed by atoms with Crippen molar-refractivity contribution in [3.05, 3.63) is 70.5 Å². The van der Waals surface area contributed by atoms with E-state index in [-0.39, 0.29) is 11.9 Å². The van der Waals surface area contributed by atoms with Crippen LogP contribution < -0.4 is 5.73 Å². The van der Waals surface area contributed by atoms with E-state index in [0.29, 0.717) is 6.54 Å². The number of aryl methyl sites for hydroxylation is 1. The van der Waals surface area contributed by atoms with Gasteiger partial charge < -0.3 is 5.73 Å². The maximum atomic E-state index is 13.5. The Balaban J connectivity index is 1.91. The number of rotatable bonds is 3. The summed E-state index contributed by atoms with van der Waals surface area (Å²) < 4.78 is 13.5. The Labute approximate surface area is 119 Å². The fourth-order valence-corrected chi connectivity index (χ4v) is 3.02. The summed E-state index contributed by atoms with van der Waals surface area (Å²) in [5.41, 5.74) is 10.8. The van der Waals surface area contributed by atoms with Crippen molar-refractivity contribution in [3.63, 3.8) is 0 Å². The molecule has 0 fully saturated rings. The fraction of sp³-hybridized carbons (Fsp3) is 0.294. The standard InChI is InChI=1S/C17H19FN2/c1-12-6-7-15(18)8-16(12)17(9-19)20-10-13-4-2-3-5-14(13)11-20/h2-8,17H,9-11,19H2,1H3. The third-order valence-corrected chi connectivity index (χ3v) is 4.13. The van der Waals surface area contributed by atoms with Crippen LogP contribution in [0.3, 0.4) is 0 Å². The van der Waals surface area contributed by atoms with Gasteiger partial charge in [0, 0.05) is 25.7 Å². The minimum absolute atomic E-state index is 0.0677. The van der Waals surface area contributed by atoms with E-state index in [2.05, 4.69) is 29.2 Å². The Hall–Kier alpha value is -1.71. The van der Waals surface area contributed by atoms with Crippen LogP contribution in [-0.2, 0) is 13.1 Å². The normalized spacial score (nSPS) is 16.1. The minimum Gasteiger partial charge on any atom is -0.329 e. The lowest BCUT2D eigenvalue weighted by atomic mass is 10.00. The SMILES string of the molecule is Cc1ccc(F)cc1C(CN)N1Cc2ccccc2C1. The molecule has 20 heavy (non-hydrogen) atoms. The van der Waals surface area contributed by atoms with Crippen molar-refractivity contribution in [1.29, 1.82) is 0 Å².